The topological polar surface area (TPSA) is 25.8 Å². The molecule has 0 saturated carbocycles. The van der Waals surface area contributed by atoms with Crippen molar-refractivity contribution in [1.29, 1.82) is 0 Å². The number of rotatable bonds is 1. The maximum Gasteiger partial charge on any atom is 0.0964 e. The highest BCUT2D eigenvalue weighted by Crippen LogP contribution is 2.22. The smallest absolute Gasteiger partial charge is 0.0964 e. The zero-order valence-electron chi connectivity index (χ0n) is 8.72. The molecule has 2 heteroatoms. The van der Waals surface area contributed by atoms with Crippen LogP contribution in [0.2, 0.25) is 0 Å². The minimum absolute atomic E-state index is 0.948. The molecule has 0 aliphatic heterocycles. The Kier molecular flexibility index (Phi) is 1.93. The highest BCUT2D eigenvalue weighted by Gasteiger charge is 2.02. The monoisotopic (exact) mass is 206 g/mol. The van der Waals surface area contributed by atoms with Gasteiger partial charge < -0.3 is 0 Å². The Morgan fingerprint density at radius 3 is 2.69 bits per heavy atom. The fourth-order valence-electron chi connectivity index (χ4n) is 1.86. The van der Waals surface area contributed by atoms with Crippen LogP contribution in [0, 0.1) is 0 Å². The lowest BCUT2D eigenvalue weighted by atomic mass is 10.1. The van der Waals surface area contributed by atoms with Crippen LogP contribution in [0.15, 0.2) is 49.3 Å². The van der Waals surface area contributed by atoms with Crippen molar-refractivity contribution >= 4 is 27.9 Å². The molecule has 0 fully saturated rings. The standard InChI is InChI=1S/C14H10N2/c1-2-10-8-12-6-5-11-4-3-7-15-13(11)14(12)16-9-10/h2-9H,1H2. The molecule has 2 heterocycles. The number of fused-ring (bicyclic) bond motifs is 3. The van der Waals surface area contributed by atoms with Crippen LogP contribution >= 0.6 is 0 Å². The van der Waals surface area contributed by atoms with E-state index in [1.54, 1.807) is 12.3 Å². The number of hydrogen-bond acceptors (Lipinski definition) is 2. The Morgan fingerprint density at radius 2 is 1.81 bits per heavy atom. The Balaban J connectivity index is 2.47. The molecule has 0 spiro atoms. The van der Waals surface area contributed by atoms with Gasteiger partial charge in [0.15, 0.2) is 0 Å². The summed E-state index contributed by atoms with van der Waals surface area (Å²) in [6.45, 7) is 3.74. The number of benzene rings is 1. The van der Waals surface area contributed by atoms with Crippen LogP contribution in [0.5, 0.6) is 0 Å². The van der Waals surface area contributed by atoms with Gasteiger partial charge in [-0.15, -0.1) is 0 Å². The second-order valence-electron chi connectivity index (χ2n) is 3.69. The summed E-state index contributed by atoms with van der Waals surface area (Å²) < 4.78 is 0. The first-order valence-corrected chi connectivity index (χ1v) is 5.14. The van der Waals surface area contributed by atoms with E-state index in [9.17, 15) is 0 Å². The van der Waals surface area contributed by atoms with Crippen molar-refractivity contribution < 1.29 is 0 Å². The summed E-state index contributed by atoms with van der Waals surface area (Å²) in [7, 11) is 0. The molecule has 0 bridgehead atoms. The van der Waals surface area contributed by atoms with E-state index < -0.39 is 0 Å². The fourth-order valence-corrected chi connectivity index (χ4v) is 1.86. The van der Waals surface area contributed by atoms with E-state index in [4.69, 9.17) is 0 Å². The highest BCUT2D eigenvalue weighted by atomic mass is 14.7. The van der Waals surface area contributed by atoms with Crippen molar-refractivity contribution in [3.63, 3.8) is 0 Å². The van der Waals surface area contributed by atoms with Crippen molar-refractivity contribution in [2.45, 2.75) is 0 Å². The largest absolute Gasteiger partial charge is 0.254 e. The maximum absolute atomic E-state index is 4.45. The van der Waals surface area contributed by atoms with Crippen molar-refractivity contribution in [2.75, 3.05) is 0 Å². The quantitative estimate of drug-likeness (QED) is 0.570. The maximum atomic E-state index is 4.45. The average molecular weight is 206 g/mol. The molecule has 0 N–H and O–H groups in total. The van der Waals surface area contributed by atoms with Crippen LogP contribution < -0.4 is 0 Å². The van der Waals surface area contributed by atoms with Gasteiger partial charge in [-0.05, 0) is 17.7 Å². The van der Waals surface area contributed by atoms with E-state index in [1.807, 2.05) is 18.3 Å². The van der Waals surface area contributed by atoms with Gasteiger partial charge in [-0.2, -0.15) is 0 Å². The van der Waals surface area contributed by atoms with Gasteiger partial charge in [0.2, 0.25) is 0 Å². The van der Waals surface area contributed by atoms with Gasteiger partial charge in [-0.1, -0.05) is 30.9 Å². The zero-order chi connectivity index (χ0) is 11.0. The van der Waals surface area contributed by atoms with E-state index >= 15 is 0 Å². The first kappa shape index (κ1) is 9.04. The Hall–Kier alpha value is -2.22. The first-order chi connectivity index (χ1) is 7.88. The van der Waals surface area contributed by atoms with Gasteiger partial charge >= 0.3 is 0 Å². The number of hydrogen-bond donors (Lipinski definition) is 0. The predicted octanol–water partition coefficient (Wildman–Crippen LogP) is 3.43. The van der Waals surface area contributed by atoms with Crippen LogP contribution in [0.4, 0.5) is 0 Å². The molecule has 1 aromatic carbocycles. The summed E-state index contributed by atoms with van der Waals surface area (Å²) in [5.41, 5.74) is 2.93. The van der Waals surface area contributed by atoms with Gasteiger partial charge in [0.25, 0.3) is 0 Å². The van der Waals surface area contributed by atoms with E-state index in [0.29, 0.717) is 0 Å². The Labute approximate surface area is 93.3 Å². The summed E-state index contributed by atoms with van der Waals surface area (Å²) >= 11 is 0. The summed E-state index contributed by atoms with van der Waals surface area (Å²) in [5, 5.41) is 2.22. The molecule has 0 amide bonds. The minimum Gasteiger partial charge on any atom is -0.254 e. The molecule has 16 heavy (non-hydrogen) atoms. The van der Waals surface area contributed by atoms with Gasteiger partial charge in [-0.25, -0.2) is 0 Å². The first-order valence-electron chi connectivity index (χ1n) is 5.14. The lowest BCUT2D eigenvalue weighted by molar-refractivity contribution is 1.37. The average Bonchev–Trinajstić information content (AvgIpc) is 2.38. The van der Waals surface area contributed by atoms with Gasteiger partial charge in [-0.3, -0.25) is 9.97 Å². The summed E-state index contributed by atoms with van der Waals surface area (Å²) in [6.07, 6.45) is 5.42. The summed E-state index contributed by atoms with van der Waals surface area (Å²) in [4.78, 5) is 8.82. The van der Waals surface area contributed by atoms with Crippen molar-refractivity contribution in [3.8, 4) is 0 Å². The highest BCUT2D eigenvalue weighted by molar-refractivity contribution is 6.02. The molecular weight excluding hydrogens is 196 g/mol. The fraction of sp³-hybridized carbons (Fsp3) is 0. The third kappa shape index (κ3) is 1.27. The Morgan fingerprint density at radius 1 is 1.00 bits per heavy atom. The molecule has 0 atom stereocenters. The zero-order valence-corrected chi connectivity index (χ0v) is 8.72. The van der Waals surface area contributed by atoms with E-state index in [2.05, 4.69) is 34.7 Å². The molecule has 76 valence electrons. The molecule has 0 unspecified atom stereocenters. The second kappa shape index (κ2) is 3.42. The Bertz CT molecular complexity index is 686. The van der Waals surface area contributed by atoms with Gasteiger partial charge in [0, 0.05) is 23.2 Å². The van der Waals surface area contributed by atoms with E-state index in [1.165, 1.54) is 0 Å². The van der Waals surface area contributed by atoms with Gasteiger partial charge in [0.1, 0.15) is 0 Å². The van der Waals surface area contributed by atoms with Crippen molar-refractivity contribution in [3.05, 3.63) is 54.9 Å². The molecule has 2 aromatic heterocycles. The van der Waals surface area contributed by atoms with Crippen LogP contribution in [-0.2, 0) is 0 Å². The molecule has 3 aromatic rings. The molecule has 2 nitrogen and oxygen atoms in total. The third-order valence-corrected chi connectivity index (χ3v) is 2.68. The molecule has 0 aliphatic carbocycles. The normalized spacial score (nSPS) is 10.8. The van der Waals surface area contributed by atoms with E-state index in [-0.39, 0.29) is 0 Å². The summed E-state index contributed by atoms with van der Waals surface area (Å²) in [6, 6.07) is 10.2. The van der Waals surface area contributed by atoms with Crippen LogP contribution in [0.3, 0.4) is 0 Å². The lowest BCUT2D eigenvalue weighted by Gasteiger charge is -2.02. The van der Waals surface area contributed by atoms with Crippen molar-refractivity contribution in [1.82, 2.24) is 9.97 Å². The lowest BCUT2D eigenvalue weighted by Crippen LogP contribution is -1.85. The van der Waals surface area contributed by atoms with E-state index in [0.717, 1.165) is 27.4 Å². The summed E-state index contributed by atoms with van der Waals surface area (Å²) in [5.74, 6) is 0. The number of aromatic nitrogens is 2. The van der Waals surface area contributed by atoms with Gasteiger partial charge in [0.05, 0.1) is 11.0 Å². The third-order valence-electron chi connectivity index (χ3n) is 2.68. The number of pyridine rings is 2. The SMILES string of the molecule is C=Cc1cnc2c(ccc3cccnc32)c1. The van der Waals surface area contributed by atoms with Crippen molar-refractivity contribution in [2.24, 2.45) is 0 Å². The molecule has 0 saturated heterocycles. The van der Waals surface area contributed by atoms with Crippen LogP contribution in [0.1, 0.15) is 5.56 Å². The second-order valence-corrected chi connectivity index (χ2v) is 3.69. The number of nitrogens with zero attached hydrogens (tertiary/aromatic N) is 2. The molecule has 0 aliphatic rings. The van der Waals surface area contributed by atoms with Crippen LogP contribution in [0.25, 0.3) is 27.9 Å². The minimum atomic E-state index is 0.948. The molecule has 0 radical (unpaired) electrons. The molecular formula is C14H10N2. The van der Waals surface area contributed by atoms with Crippen LogP contribution in [-0.4, -0.2) is 9.97 Å². The predicted molar refractivity (Wildman–Crippen MR) is 67.1 cm³/mol. The molecule has 3 rings (SSSR count).